The Hall–Kier alpha value is -1.81. The molecule has 0 unspecified atom stereocenters. The van der Waals surface area contributed by atoms with E-state index in [9.17, 15) is 0 Å². The molecule has 0 bridgehead atoms. The van der Waals surface area contributed by atoms with Crippen molar-refractivity contribution in [2.24, 2.45) is 0 Å². The smallest absolute Gasteiger partial charge is 0.161 e. The van der Waals surface area contributed by atoms with Crippen LogP contribution in [0, 0.1) is 0 Å². The van der Waals surface area contributed by atoms with Crippen molar-refractivity contribution in [1.29, 1.82) is 0 Å². The molecule has 0 atom stereocenters. The molecule has 1 heterocycles. The van der Waals surface area contributed by atoms with Crippen molar-refractivity contribution in [2.75, 3.05) is 24.8 Å². The van der Waals surface area contributed by atoms with Gasteiger partial charge >= 0.3 is 0 Å². The second kappa shape index (κ2) is 6.76. The highest BCUT2D eigenvalue weighted by molar-refractivity contribution is 7.98. The van der Waals surface area contributed by atoms with Gasteiger partial charge in [0.2, 0.25) is 0 Å². The Bertz CT molecular complexity index is 615. The number of benzene rings is 2. The maximum Gasteiger partial charge on any atom is 0.161 e. The molecule has 0 spiro atoms. The first-order valence-electron chi connectivity index (χ1n) is 7.11. The van der Waals surface area contributed by atoms with Gasteiger partial charge in [0.15, 0.2) is 11.5 Å². The molecule has 0 saturated heterocycles. The quantitative estimate of drug-likeness (QED) is 0.858. The second-order valence-corrected chi connectivity index (χ2v) is 5.80. The summed E-state index contributed by atoms with van der Waals surface area (Å²) < 4.78 is 11.4. The number of rotatable bonds is 4. The topological polar surface area (TPSA) is 30.5 Å². The highest BCUT2D eigenvalue weighted by Crippen LogP contribution is 2.30. The number of anilines is 1. The van der Waals surface area contributed by atoms with E-state index in [1.807, 2.05) is 6.07 Å². The van der Waals surface area contributed by atoms with Gasteiger partial charge in [-0.2, -0.15) is 0 Å². The van der Waals surface area contributed by atoms with Crippen LogP contribution in [-0.2, 0) is 6.54 Å². The van der Waals surface area contributed by atoms with Gasteiger partial charge in [0.1, 0.15) is 0 Å². The molecule has 21 heavy (non-hydrogen) atoms. The van der Waals surface area contributed by atoms with E-state index in [2.05, 4.69) is 48.0 Å². The van der Waals surface area contributed by atoms with Crippen molar-refractivity contribution < 1.29 is 9.47 Å². The van der Waals surface area contributed by atoms with Crippen LogP contribution in [0.5, 0.6) is 11.5 Å². The Balaban J connectivity index is 1.69. The van der Waals surface area contributed by atoms with Gasteiger partial charge < -0.3 is 14.8 Å². The van der Waals surface area contributed by atoms with Gasteiger partial charge in [-0.3, -0.25) is 0 Å². The normalized spacial score (nSPS) is 13.6. The fraction of sp³-hybridized carbons (Fsp3) is 0.294. The van der Waals surface area contributed by atoms with E-state index in [1.165, 1.54) is 10.5 Å². The zero-order valence-electron chi connectivity index (χ0n) is 12.1. The van der Waals surface area contributed by atoms with Crippen molar-refractivity contribution >= 4 is 17.4 Å². The van der Waals surface area contributed by atoms with Crippen molar-refractivity contribution in [3.05, 3.63) is 48.0 Å². The predicted octanol–water partition coefficient (Wildman–Crippen LogP) is 4.18. The molecule has 1 aliphatic heterocycles. The molecule has 0 amide bonds. The minimum absolute atomic E-state index is 0.722. The van der Waals surface area contributed by atoms with E-state index in [-0.39, 0.29) is 0 Å². The molecule has 2 aromatic carbocycles. The van der Waals surface area contributed by atoms with Crippen LogP contribution in [0.1, 0.15) is 12.0 Å². The number of fused-ring (bicyclic) bond motifs is 1. The van der Waals surface area contributed by atoms with Gasteiger partial charge in [0, 0.05) is 23.5 Å². The Kier molecular flexibility index (Phi) is 4.55. The van der Waals surface area contributed by atoms with Gasteiger partial charge in [-0.15, -0.1) is 11.8 Å². The Morgan fingerprint density at radius 1 is 1.05 bits per heavy atom. The molecule has 2 aromatic rings. The lowest BCUT2D eigenvalue weighted by molar-refractivity contribution is 0.297. The van der Waals surface area contributed by atoms with Gasteiger partial charge in [0.25, 0.3) is 0 Å². The molecule has 0 aliphatic carbocycles. The third-order valence-corrected chi connectivity index (χ3v) is 4.10. The lowest BCUT2D eigenvalue weighted by atomic mass is 10.2. The first kappa shape index (κ1) is 14.1. The summed E-state index contributed by atoms with van der Waals surface area (Å²) in [5, 5.41) is 3.45. The van der Waals surface area contributed by atoms with Crippen LogP contribution in [0.2, 0.25) is 0 Å². The lowest BCUT2D eigenvalue weighted by Gasteiger charge is -2.11. The van der Waals surface area contributed by atoms with E-state index < -0.39 is 0 Å². The maximum absolute atomic E-state index is 5.72. The van der Waals surface area contributed by atoms with Crippen LogP contribution >= 0.6 is 11.8 Å². The third-order valence-electron chi connectivity index (χ3n) is 3.38. The summed E-state index contributed by atoms with van der Waals surface area (Å²) >= 11 is 1.75. The Labute approximate surface area is 129 Å². The molecule has 0 fully saturated rings. The molecule has 1 aliphatic rings. The van der Waals surface area contributed by atoms with E-state index >= 15 is 0 Å². The van der Waals surface area contributed by atoms with Crippen molar-refractivity contribution in [1.82, 2.24) is 0 Å². The second-order valence-electron chi connectivity index (χ2n) is 4.92. The average molecular weight is 301 g/mol. The van der Waals surface area contributed by atoms with Gasteiger partial charge in [-0.05, 0) is 42.2 Å². The predicted molar refractivity (Wildman–Crippen MR) is 87.6 cm³/mol. The van der Waals surface area contributed by atoms with Crippen molar-refractivity contribution in [3.63, 3.8) is 0 Å². The number of ether oxygens (including phenoxy) is 2. The molecule has 0 saturated carbocycles. The summed E-state index contributed by atoms with van der Waals surface area (Å²) in [6.07, 6.45) is 3.02. The number of nitrogens with one attached hydrogen (secondary N) is 1. The minimum Gasteiger partial charge on any atom is -0.490 e. The fourth-order valence-corrected chi connectivity index (χ4v) is 2.71. The molecule has 1 N–H and O–H groups in total. The average Bonchev–Trinajstić information content (AvgIpc) is 2.78. The first-order valence-corrected chi connectivity index (χ1v) is 8.34. The molecular formula is C17H19NO2S. The largest absolute Gasteiger partial charge is 0.490 e. The van der Waals surface area contributed by atoms with Crippen LogP contribution in [0.25, 0.3) is 0 Å². The standard InChI is InChI=1S/C17H19NO2S/c1-21-15-5-2-4-14(11-15)18-12-13-6-7-16-17(10-13)20-9-3-8-19-16/h2,4-7,10-11,18H,3,8-9,12H2,1H3. The van der Waals surface area contributed by atoms with Crippen molar-refractivity contribution in [2.45, 2.75) is 17.9 Å². The third kappa shape index (κ3) is 3.64. The summed E-state index contributed by atoms with van der Waals surface area (Å²) in [4.78, 5) is 1.26. The van der Waals surface area contributed by atoms with Gasteiger partial charge in [-0.1, -0.05) is 12.1 Å². The molecule has 0 aromatic heterocycles. The SMILES string of the molecule is CSc1cccc(NCc2ccc3c(c2)OCCCO3)c1. The fourth-order valence-electron chi connectivity index (χ4n) is 2.25. The van der Waals surface area contributed by atoms with Gasteiger partial charge in [-0.25, -0.2) is 0 Å². The maximum atomic E-state index is 5.72. The molecular weight excluding hydrogens is 282 g/mol. The zero-order chi connectivity index (χ0) is 14.5. The van der Waals surface area contributed by atoms with E-state index in [0.29, 0.717) is 0 Å². The summed E-state index contributed by atoms with van der Waals surface area (Å²) in [6.45, 7) is 2.22. The molecule has 0 radical (unpaired) electrons. The highest BCUT2D eigenvalue weighted by atomic mass is 32.2. The highest BCUT2D eigenvalue weighted by Gasteiger charge is 2.10. The van der Waals surface area contributed by atoms with Crippen LogP contribution in [-0.4, -0.2) is 19.5 Å². The summed E-state index contributed by atoms with van der Waals surface area (Å²) in [7, 11) is 0. The van der Waals surface area contributed by atoms with Crippen LogP contribution in [0.15, 0.2) is 47.4 Å². The summed E-state index contributed by atoms with van der Waals surface area (Å²) in [6, 6.07) is 14.6. The Morgan fingerprint density at radius 3 is 2.76 bits per heavy atom. The van der Waals surface area contributed by atoms with Crippen LogP contribution in [0.3, 0.4) is 0 Å². The molecule has 4 heteroatoms. The van der Waals surface area contributed by atoms with E-state index in [0.717, 1.165) is 43.4 Å². The molecule has 3 rings (SSSR count). The van der Waals surface area contributed by atoms with Gasteiger partial charge in [0.05, 0.1) is 13.2 Å². The van der Waals surface area contributed by atoms with E-state index in [4.69, 9.17) is 9.47 Å². The molecule has 3 nitrogen and oxygen atoms in total. The lowest BCUT2D eigenvalue weighted by Crippen LogP contribution is -2.00. The number of hydrogen-bond donors (Lipinski definition) is 1. The zero-order valence-corrected chi connectivity index (χ0v) is 12.9. The number of hydrogen-bond acceptors (Lipinski definition) is 4. The van der Waals surface area contributed by atoms with Crippen LogP contribution in [0.4, 0.5) is 5.69 Å². The van der Waals surface area contributed by atoms with Crippen LogP contribution < -0.4 is 14.8 Å². The first-order chi connectivity index (χ1) is 10.3. The minimum atomic E-state index is 0.722. The monoisotopic (exact) mass is 301 g/mol. The summed E-state index contributed by atoms with van der Waals surface area (Å²) in [5.41, 5.74) is 2.32. The Morgan fingerprint density at radius 2 is 1.90 bits per heavy atom. The molecule has 110 valence electrons. The van der Waals surface area contributed by atoms with Crippen molar-refractivity contribution in [3.8, 4) is 11.5 Å². The number of thioether (sulfide) groups is 1. The summed E-state index contributed by atoms with van der Waals surface area (Å²) in [5.74, 6) is 1.70. The van der Waals surface area contributed by atoms with E-state index in [1.54, 1.807) is 11.8 Å².